The highest BCUT2D eigenvalue weighted by atomic mass is 32.1. The molecule has 106 valence electrons. The van der Waals surface area contributed by atoms with Crippen LogP contribution in [0.3, 0.4) is 0 Å². The number of aromatic nitrogens is 2. The Bertz CT molecular complexity index is 607. The zero-order valence-electron chi connectivity index (χ0n) is 12.1. The van der Waals surface area contributed by atoms with Gasteiger partial charge >= 0.3 is 0 Å². The second-order valence-corrected chi connectivity index (χ2v) is 5.67. The lowest BCUT2D eigenvalue weighted by Gasteiger charge is -2.16. The summed E-state index contributed by atoms with van der Waals surface area (Å²) in [6, 6.07) is 12.0. The van der Waals surface area contributed by atoms with Crippen LogP contribution in [0, 0.1) is 10.6 Å². The molecule has 0 saturated heterocycles. The maximum atomic E-state index is 5.60. The SMILES string of the molecule is COC(c1ccccc1)c1nc(=S)cc(CC(C)C)[nH]1. The number of rotatable bonds is 5. The van der Waals surface area contributed by atoms with Crippen molar-refractivity contribution < 1.29 is 4.74 Å². The summed E-state index contributed by atoms with van der Waals surface area (Å²) in [4.78, 5) is 7.79. The van der Waals surface area contributed by atoms with Gasteiger partial charge < -0.3 is 9.72 Å². The van der Waals surface area contributed by atoms with Crippen LogP contribution in [0.2, 0.25) is 0 Å². The molecule has 0 aliphatic heterocycles. The maximum Gasteiger partial charge on any atom is 0.141 e. The van der Waals surface area contributed by atoms with E-state index in [0.717, 1.165) is 23.5 Å². The molecule has 0 radical (unpaired) electrons. The zero-order valence-corrected chi connectivity index (χ0v) is 12.9. The minimum absolute atomic E-state index is 0.218. The highest BCUT2D eigenvalue weighted by Gasteiger charge is 2.16. The number of hydrogen-bond donors (Lipinski definition) is 1. The van der Waals surface area contributed by atoms with Crippen molar-refractivity contribution in [2.24, 2.45) is 5.92 Å². The first-order valence-corrected chi connectivity index (χ1v) is 7.19. The third-order valence-corrected chi connectivity index (χ3v) is 3.24. The molecule has 2 aromatic rings. The third-order valence-electron chi connectivity index (χ3n) is 3.03. The second kappa shape index (κ2) is 6.77. The fourth-order valence-corrected chi connectivity index (χ4v) is 2.48. The van der Waals surface area contributed by atoms with Crippen molar-refractivity contribution in [3.8, 4) is 0 Å². The smallest absolute Gasteiger partial charge is 0.141 e. The highest BCUT2D eigenvalue weighted by molar-refractivity contribution is 7.71. The molecule has 4 heteroatoms. The topological polar surface area (TPSA) is 37.9 Å². The molecule has 0 aliphatic carbocycles. The summed E-state index contributed by atoms with van der Waals surface area (Å²) in [6.07, 6.45) is 0.731. The summed E-state index contributed by atoms with van der Waals surface area (Å²) < 4.78 is 6.20. The van der Waals surface area contributed by atoms with Gasteiger partial charge in [-0.2, -0.15) is 0 Å². The molecule has 1 unspecified atom stereocenters. The second-order valence-electron chi connectivity index (χ2n) is 5.25. The Balaban J connectivity index is 2.39. The number of ether oxygens (including phenoxy) is 1. The van der Waals surface area contributed by atoms with Crippen molar-refractivity contribution in [2.75, 3.05) is 7.11 Å². The molecule has 20 heavy (non-hydrogen) atoms. The standard InChI is InChI=1S/C16H20N2OS/c1-11(2)9-13-10-14(20)18-16(17-13)15(19-3)12-7-5-4-6-8-12/h4-8,10-11,15H,9H2,1-3H3,(H,17,18,20). The fourth-order valence-electron chi connectivity index (χ4n) is 2.24. The molecule has 1 heterocycles. The number of H-pyrrole nitrogens is 1. The van der Waals surface area contributed by atoms with Gasteiger partial charge in [-0.25, -0.2) is 4.98 Å². The molecule has 0 amide bonds. The quantitative estimate of drug-likeness (QED) is 0.843. The minimum atomic E-state index is -0.218. The summed E-state index contributed by atoms with van der Waals surface area (Å²) in [6.45, 7) is 4.37. The van der Waals surface area contributed by atoms with Crippen molar-refractivity contribution in [2.45, 2.75) is 26.4 Å². The predicted molar refractivity (Wildman–Crippen MR) is 83.3 cm³/mol. The number of methoxy groups -OCH3 is 1. The summed E-state index contributed by atoms with van der Waals surface area (Å²) >= 11 is 5.27. The molecule has 2 rings (SSSR count). The fraction of sp³-hybridized carbons (Fsp3) is 0.375. The number of nitrogens with zero attached hydrogens (tertiary/aromatic N) is 1. The van der Waals surface area contributed by atoms with Crippen molar-refractivity contribution in [3.63, 3.8) is 0 Å². The lowest BCUT2D eigenvalue weighted by molar-refractivity contribution is 0.128. The van der Waals surface area contributed by atoms with Crippen LogP contribution in [0.4, 0.5) is 0 Å². The normalized spacial score (nSPS) is 12.6. The first-order valence-electron chi connectivity index (χ1n) is 6.78. The van der Waals surface area contributed by atoms with E-state index in [1.54, 1.807) is 7.11 Å². The van der Waals surface area contributed by atoms with E-state index in [4.69, 9.17) is 17.0 Å². The molecule has 1 atom stereocenters. The molecule has 0 bridgehead atoms. The van der Waals surface area contributed by atoms with Crippen LogP contribution >= 0.6 is 12.2 Å². The Kier molecular flexibility index (Phi) is 5.04. The van der Waals surface area contributed by atoms with Crippen molar-refractivity contribution in [1.82, 2.24) is 9.97 Å². The van der Waals surface area contributed by atoms with Gasteiger partial charge in [-0.15, -0.1) is 0 Å². The van der Waals surface area contributed by atoms with Gasteiger partial charge in [0, 0.05) is 12.8 Å². The van der Waals surface area contributed by atoms with Crippen LogP contribution in [0.25, 0.3) is 0 Å². The van der Waals surface area contributed by atoms with Crippen LogP contribution in [0.5, 0.6) is 0 Å². The van der Waals surface area contributed by atoms with Gasteiger partial charge in [0.1, 0.15) is 16.6 Å². The van der Waals surface area contributed by atoms with Crippen molar-refractivity contribution in [1.29, 1.82) is 0 Å². The summed E-state index contributed by atoms with van der Waals surface area (Å²) in [5.41, 5.74) is 2.17. The Morgan fingerprint density at radius 1 is 1.25 bits per heavy atom. The van der Waals surface area contributed by atoms with E-state index >= 15 is 0 Å². The van der Waals surface area contributed by atoms with Crippen molar-refractivity contribution in [3.05, 3.63) is 58.1 Å². The van der Waals surface area contributed by atoms with Gasteiger partial charge in [0.15, 0.2) is 0 Å². The lowest BCUT2D eigenvalue weighted by Crippen LogP contribution is -2.11. The summed E-state index contributed by atoms with van der Waals surface area (Å²) in [5, 5.41) is 0. The Morgan fingerprint density at radius 3 is 2.55 bits per heavy atom. The van der Waals surface area contributed by atoms with Crippen molar-refractivity contribution >= 4 is 12.2 Å². The van der Waals surface area contributed by atoms with Gasteiger partial charge in [-0.05, 0) is 24.0 Å². The molecule has 0 aliphatic rings. The number of aromatic amines is 1. The van der Waals surface area contributed by atoms with Gasteiger partial charge in [0.2, 0.25) is 0 Å². The zero-order chi connectivity index (χ0) is 14.5. The molecular formula is C16H20N2OS. The van der Waals surface area contributed by atoms with E-state index in [1.807, 2.05) is 36.4 Å². The molecule has 1 aromatic carbocycles. The molecular weight excluding hydrogens is 268 g/mol. The van der Waals surface area contributed by atoms with E-state index in [-0.39, 0.29) is 6.10 Å². The molecule has 3 nitrogen and oxygen atoms in total. The van der Waals surface area contributed by atoms with Crippen LogP contribution < -0.4 is 0 Å². The molecule has 0 fully saturated rings. The Hall–Kier alpha value is -1.52. The van der Waals surface area contributed by atoms with Crippen LogP contribution in [0.15, 0.2) is 36.4 Å². The number of hydrogen-bond acceptors (Lipinski definition) is 3. The molecule has 1 aromatic heterocycles. The van der Waals surface area contributed by atoms with Crippen LogP contribution in [-0.2, 0) is 11.2 Å². The maximum absolute atomic E-state index is 5.60. The minimum Gasteiger partial charge on any atom is -0.369 e. The van der Waals surface area contributed by atoms with Gasteiger partial charge in [-0.3, -0.25) is 0 Å². The monoisotopic (exact) mass is 288 g/mol. The van der Waals surface area contributed by atoms with E-state index in [9.17, 15) is 0 Å². The van der Waals surface area contributed by atoms with E-state index in [2.05, 4.69) is 23.8 Å². The molecule has 0 spiro atoms. The average molecular weight is 288 g/mol. The van der Waals surface area contributed by atoms with E-state index in [0.29, 0.717) is 10.6 Å². The van der Waals surface area contributed by atoms with E-state index < -0.39 is 0 Å². The highest BCUT2D eigenvalue weighted by Crippen LogP contribution is 2.22. The van der Waals surface area contributed by atoms with Crippen LogP contribution in [-0.4, -0.2) is 17.1 Å². The van der Waals surface area contributed by atoms with Gasteiger partial charge in [-0.1, -0.05) is 56.4 Å². The first-order chi connectivity index (χ1) is 9.60. The Morgan fingerprint density at radius 2 is 1.95 bits per heavy atom. The molecule has 1 N–H and O–H groups in total. The number of nitrogens with one attached hydrogen (secondary N) is 1. The average Bonchev–Trinajstić information content (AvgIpc) is 2.39. The summed E-state index contributed by atoms with van der Waals surface area (Å²) in [7, 11) is 1.69. The van der Waals surface area contributed by atoms with Gasteiger partial charge in [0.25, 0.3) is 0 Å². The molecule has 0 saturated carbocycles. The predicted octanol–water partition coefficient (Wildman–Crippen LogP) is 4.07. The lowest BCUT2D eigenvalue weighted by atomic mass is 10.1. The summed E-state index contributed by atoms with van der Waals surface area (Å²) in [5.74, 6) is 1.33. The van der Waals surface area contributed by atoms with Gasteiger partial charge in [0.05, 0.1) is 0 Å². The third kappa shape index (κ3) is 3.74. The first kappa shape index (κ1) is 14.9. The number of benzene rings is 1. The largest absolute Gasteiger partial charge is 0.369 e. The Labute approximate surface area is 125 Å². The van der Waals surface area contributed by atoms with Crippen LogP contribution in [0.1, 0.15) is 37.0 Å². The van der Waals surface area contributed by atoms with E-state index in [1.165, 1.54) is 0 Å².